The van der Waals surface area contributed by atoms with Crippen molar-refractivity contribution in [3.8, 4) is 5.75 Å². The number of aromatic nitrogens is 1. The van der Waals surface area contributed by atoms with Gasteiger partial charge in [-0.2, -0.15) is 13.2 Å². The van der Waals surface area contributed by atoms with Gasteiger partial charge in [-0.15, -0.1) is 0 Å². The normalized spacial score (nSPS) is 12.6. The number of nitrogens with one attached hydrogen (secondary N) is 1. The summed E-state index contributed by atoms with van der Waals surface area (Å²) in [5, 5.41) is 3.32. The Balaban J connectivity index is 1.50. The van der Waals surface area contributed by atoms with Crippen molar-refractivity contribution in [2.45, 2.75) is 32.3 Å². The van der Waals surface area contributed by atoms with E-state index in [1.807, 2.05) is 43.3 Å². The number of hydrogen-bond acceptors (Lipinski definition) is 3. The number of alkyl halides is 3. The number of pyridine rings is 1. The van der Waals surface area contributed by atoms with E-state index in [9.17, 15) is 13.2 Å². The van der Waals surface area contributed by atoms with Crippen molar-refractivity contribution >= 4 is 0 Å². The van der Waals surface area contributed by atoms with E-state index in [0.717, 1.165) is 34.6 Å². The fraction of sp³-hybridized carbons (Fsp3) is 0.227. The molecule has 1 aromatic heterocycles. The van der Waals surface area contributed by atoms with Gasteiger partial charge in [-0.05, 0) is 48.4 Å². The maximum Gasteiger partial charge on any atom is 0.416 e. The van der Waals surface area contributed by atoms with Gasteiger partial charge in [-0.3, -0.25) is 4.98 Å². The van der Waals surface area contributed by atoms with Crippen molar-refractivity contribution in [2.75, 3.05) is 0 Å². The second kappa shape index (κ2) is 8.89. The molecule has 0 amide bonds. The Morgan fingerprint density at radius 2 is 1.68 bits per heavy atom. The lowest BCUT2D eigenvalue weighted by Gasteiger charge is -2.16. The van der Waals surface area contributed by atoms with Crippen molar-refractivity contribution in [1.29, 1.82) is 0 Å². The standard InChI is InChI=1S/C22H21F3N2O/c1-16(19-6-8-20(9-7-19)22(23,24)25)27-14-17-4-10-21(11-5-17)28-15-18-3-2-12-26-13-18/h2-13,16,27H,14-15H2,1H3. The summed E-state index contributed by atoms with van der Waals surface area (Å²) < 4.78 is 43.7. The van der Waals surface area contributed by atoms with Crippen molar-refractivity contribution in [1.82, 2.24) is 10.3 Å². The van der Waals surface area contributed by atoms with Crippen LogP contribution in [0.5, 0.6) is 5.75 Å². The fourth-order valence-electron chi connectivity index (χ4n) is 2.70. The van der Waals surface area contributed by atoms with E-state index in [0.29, 0.717) is 13.2 Å². The summed E-state index contributed by atoms with van der Waals surface area (Å²) in [4.78, 5) is 4.05. The quantitative estimate of drug-likeness (QED) is 0.580. The van der Waals surface area contributed by atoms with Crippen LogP contribution in [0.3, 0.4) is 0 Å². The molecule has 146 valence electrons. The van der Waals surface area contributed by atoms with Crippen LogP contribution in [0.1, 0.15) is 35.2 Å². The van der Waals surface area contributed by atoms with Gasteiger partial charge in [0, 0.05) is 30.5 Å². The third-order valence-electron chi connectivity index (χ3n) is 4.40. The monoisotopic (exact) mass is 386 g/mol. The van der Waals surface area contributed by atoms with Crippen LogP contribution in [0.25, 0.3) is 0 Å². The first-order chi connectivity index (χ1) is 13.4. The summed E-state index contributed by atoms with van der Waals surface area (Å²) in [6.45, 7) is 2.98. The molecular weight excluding hydrogens is 365 g/mol. The molecule has 0 radical (unpaired) electrons. The molecule has 0 bridgehead atoms. The summed E-state index contributed by atoms with van der Waals surface area (Å²) in [6, 6.07) is 16.7. The number of benzene rings is 2. The van der Waals surface area contributed by atoms with Crippen LogP contribution in [0.4, 0.5) is 13.2 Å². The zero-order valence-electron chi connectivity index (χ0n) is 15.4. The Kier molecular flexibility index (Phi) is 6.31. The van der Waals surface area contributed by atoms with E-state index in [1.165, 1.54) is 12.1 Å². The lowest BCUT2D eigenvalue weighted by atomic mass is 10.1. The van der Waals surface area contributed by atoms with Gasteiger partial charge in [0.1, 0.15) is 12.4 Å². The van der Waals surface area contributed by atoms with E-state index in [2.05, 4.69) is 10.3 Å². The van der Waals surface area contributed by atoms with E-state index in [-0.39, 0.29) is 6.04 Å². The largest absolute Gasteiger partial charge is 0.489 e. The minimum atomic E-state index is -4.31. The van der Waals surface area contributed by atoms with Gasteiger partial charge in [0.05, 0.1) is 5.56 Å². The van der Waals surface area contributed by atoms with Crippen LogP contribution in [-0.4, -0.2) is 4.98 Å². The molecule has 0 spiro atoms. The van der Waals surface area contributed by atoms with Crippen molar-refractivity contribution < 1.29 is 17.9 Å². The molecule has 1 unspecified atom stereocenters. The lowest BCUT2D eigenvalue weighted by molar-refractivity contribution is -0.137. The summed E-state index contributed by atoms with van der Waals surface area (Å²) >= 11 is 0. The number of nitrogens with zero attached hydrogens (tertiary/aromatic N) is 1. The summed E-state index contributed by atoms with van der Waals surface area (Å²) in [5.41, 5.74) is 2.24. The van der Waals surface area contributed by atoms with E-state index >= 15 is 0 Å². The number of ether oxygens (including phenoxy) is 1. The average Bonchev–Trinajstić information content (AvgIpc) is 2.71. The summed E-state index contributed by atoms with van der Waals surface area (Å²) in [7, 11) is 0. The Labute approximate surface area is 162 Å². The summed E-state index contributed by atoms with van der Waals surface area (Å²) in [6.07, 6.45) is -0.825. The minimum absolute atomic E-state index is 0.0659. The Hall–Kier alpha value is -2.86. The van der Waals surface area contributed by atoms with Crippen molar-refractivity contribution in [3.05, 3.63) is 95.3 Å². The first-order valence-corrected chi connectivity index (χ1v) is 8.93. The molecule has 0 fully saturated rings. The molecule has 3 rings (SSSR count). The molecule has 0 saturated carbocycles. The van der Waals surface area contributed by atoms with Gasteiger partial charge >= 0.3 is 6.18 Å². The molecule has 28 heavy (non-hydrogen) atoms. The first kappa shape index (κ1) is 19.9. The lowest BCUT2D eigenvalue weighted by Crippen LogP contribution is -2.18. The highest BCUT2D eigenvalue weighted by molar-refractivity contribution is 5.29. The van der Waals surface area contributed by atoms with Gasteiger partial charge < -0.3 is 10.1 Å². The Morgan fingerprint density at radius 1 is 0.964 bits per heavy atom. The molecule has 0 aliphatic carbocycles. The molecule has 6 heteroatoms. The Morgan fingerprint density at radius 3 is 2.29 bits per heavy atom. The molecule has 0 saturated heterocycles. The van der Waals surface area contributed by atoms with E-state index in [1.54, 1.807) is 12.4 Å². The third-order valence-corrected chi connectivity index (χ3v) is 4.40. The van der Waals surface area contributed by atoms with Crippen LogP contribution in [0, 0.1) is 0 Å². The van der Waals surface area contributed by atoms with E-state index in [4.69, 9.17) is 4.74 Å². The zero-order chi connectivity index (χ0) is 20.0. The third kappa shape index (κ3) is 5.57. The van der Waals surface area contributed by atoms with E-state index < -0.39 is 11.7 Å². The Bertz CT molecular complexity index is 863. The fourth-order valence-corrected chi connectivity index (χ4v) is 2.70. The predicted octanol–water partition coefficient (Wildman–Crippen LogP) is 5.53. The second-order valence-corrected chi connectivity index (χ2v) is 6.52. The molecule has 0 aliphatic heterocycles. The maximum absolute atomic E-state index is 12.6. The molecule has 1 atom stereocenters. The van der Waals surface area contributed by atoms with Crippen molar-refractivity contribution in [2.24, 2.45) is 0 Å². The molecule has 3 nitrogen and oxygen atoms in total. The SMILES string of the molecule is CC(NCc1ccc(OCc2cccnc2)cc1)c1ccc(C(F)(F)F)cc1. The van der Waals surface area contributed by atoms with Gasteiger partial charge in [0.25, 0.3) is 0 Å². The van der Waals surface area contributed by atoms with Crippen LogP contribution in [0.2, 0.25) is 0 Å². The predicted molar refractivity (Wildman–Crippen MR) is 102 cm³/mol. The highest BCUT2D eigenvalue weighted by Gasteiger charge is 2.30. The highest BCUT2D eigenvalue weighted by Crippen LogP contribution is 2.30. The number of rotatable bonds is 7. The topological polar surface area (TPSA) is 34.1 Å². The van der Waals surface area contributed by atoms with Crippen LogP contribution in [-0.2, 0) is 19.3 Å². The maximum atomic E-state index is 12.6. The first-order valence-electron chi connectivity index (χ1n) is 8.93. The van der Waals surface area contributed by atoms with Gasteiger partial charge in [0.2, 0.25) is 0 Å². The molecule has 1 N–H and O–H groups in total. The van der Waals surface area contributed by atoms with Crippen molar-refractivity contribution in [3.63, 3.8) is 0 Å². The van der Waals surface area contributed by atoms with Gasteiger partial charge in [-0.25, -0.2) is 0 Å². The van der Waals surface area contributed by atoms with Gasteiger partial charge in [0.15, 0.2) is 0 Å². The highest BCUT2D eigenvalue weighted by atomic mass is 19.4. The van der Waals surface area contributed by atoms with Crippen LogP contribution >= 0.6 is 0 Å². The van der Waals surface area contributed by atoms with Crippen LogP contribution in [0.15, 0.2) is 73.1 Å². The molecule has 2 aromatic carbocycles. The average molecular weight is 386 g/mol. The summed E-state index contributed by atoms with van der Waals surface area (Å²) in [5.74, 6) is 0.767. The zero-order valence-corrected chi connectivity index (χ0v) is 15.4. The second-order valence-electron chi connectivity index (χ2n) is 6.52. The van der Waals surface area contributed by atoms with Crippen LogP contribution < -0.4 is 10.1 Å². The smallest absolute Gasteiger partial charge is 0.416 e. The molecular formula is C22H21F3N2O. The minimum Gasteiger partial charge on any atom is -0.489 e. The molecule has 0 aliphatic rings. The van der Waals surface area contributed by atoms with Gasteiger partial charge in [-0.1, -0.05) is 30.3 Å². The number of hydrogen-bond donors (Lipinski definition) is 1. The molecule has 1 heterocycles. The molecule has 3 aromatic rings. The number of halogens is 3.